The Balaban J connectivity index is 1.81. The van der Waals surface area contributed by atoms with E-state index < -0.39 is 11.7 Å². The summed E-state index contributed by atoms with van der Waals surface area (Å²) in [5.41, 5.74) is 0.419. The normalized spacial score (nSPS) is 30.0. The van der Waals surface area contributed by atoms with Crippen LogP contribution in [0.2, 0.25) is 0 Å². The van der Waals surface area contributed by atoms with Gasteiger partial charge in [-0.3, -0.25) is 7.91 Å². The largest absolute Gasteiger partial charge is 0.416 e. The van der Waals surface area contributed by atoms with Gasteiger partial charge in [0.15, 0.2) is 0 Å². The monoisotopic (exact) mass is 436 g/mol. The molecule has 3 fully saturated rings. The van der Waals surface area contributed by atoms with Crippen LogP contribution in [0, 0.1) is 5.92 Å². The van der Waals surface area contributed by atoms with Gasteiger partial charge in [0.05, 0.1) is 35.0 Å². The molecule has 1 atom stereocenters. The SMILES string of the molecule is O=C1c2cc(C3CN4CCC3CC4)cc(C(F)(F)F)c2CN1I. The maximum Gasteiger partial charge on any atom is 0.416 e. The number of fused-ring (bicyclic) bond motifs is 4. The van der Waals surface area contributed by atoms with Gasteiger partial charge in [0.1, 0.15) is 0 Å². The second-order valence-electron chi connectivity index (χ2n) is 6.66. The van der Waals surface area contributed by atoms with E-state index in [0.717, 1.165) is 32.5 Å². The molecule has 23 heavy (non-hydrogen) atoms. The molecule has 0 N–H and O–H groups in total. The van der Waals surface area contributed by atoms with E-state index in [-0.39, 0.29) is 29.5 Å². The molecule has 124 valence electrons. The molecule has 4 aliphatic heterocycles. The smallest absolute Gasteiger partial charge is 0.303 e. The van der Waals surface area contributed by atoms with Gasteiger partial charge in [-0.25, -0.2) is 0 Å². The maximum absolute atomic E-state index is 13.5. The predicted octanol–water partition coefficient (Wildman–Crippen LogP) is 3.82. The Hall–Kier alpha value is -0.830. The molecule has 1 aromatic carbocycles. The van der Waals surface area contributed by atoms with Gasteiger partial charge in [-0.15, -0.1) is 0 Å². The van der Waals surface area contributed by atoms with Crippen molar-refractivity contribution in [3.05, 3.63) is 34.4 Å². The first-order chi connectivity index (χ1) is 10.8. The molecular weight excluding hydrogens is 420 g/mol. The Morgan fingerprint density at radius 2 is 1.87 bits per heavy atom. The molecule has 1 aromatic rings. The topological polar surface area (TPSA) is 23.6 Å². The third-order valence-electron chi connectivity index (χ3n) is 5.41. The number of carbonyl (C=O) groups is 1. The summed E-state index contributed by atoms with van der Waals surface area (Å²) >= 11 is 1.79. The predicted molar refractivity (Wildman–Crippen MR) is 87.2 cm³/mol. The minimum Gasteiger partial charge on any atom is -0.303 e. The zero-order valence-electron chi connectivity index (χ0n) is 12.4. The quantitative estimate of drug-likeness (QED) is 0.494. The lowest BCUT2D eigenvalue weighted by Crippen LogP contribution is -2.46. The molecule has 4 heterocycles. The maximum atomic E-state index is 13.5. The van der Waals surface area contributed by atoms with Crippen LogP contribution in [-0.4, -0.2) is 33.6 Å². The van der Waals surface area contributed by atoms with Gasteiger partial charge in [-0.05, 0) is 61.0 Å². The zero-order chi connectivity index (χ0) is 16.4. The Morgan fingerprint density at radius 3 is 2.43 bits per heavy atom. The van der Waals surface area contributed by atoms with Crippen molar-refractivity contribution in [2.45, 2.75) is 31.5 Å². The average molecular weight is 436 g/mol. The fourth-order valence-electron chi connectivity index (χ4n) is 4.21. The number of nitrogens with zero attached hydrogens (tertiary/aromatic N) is 2. The summed E-state index contributed by atoms with van der Waals surface area (Å²) in [5, 5.41) is 0. The summed E-state index contributed by atoms with van der Waals surface area (Å²) < 4.78 is 41.8. The molecule has 4 aliphatic rings. The van der Waals surface area contributed by atoms with Crippen molar-refractivity contribution in [1.29, 1.82) is 0 Å². The first-order valence-electron chi connectivity index (χ1n) is 7.78. The molecule has 3 nitrogen and oxygen atoms in total. The van der Waals surface area contributed by atoms with E-state index in [4.69, 9.17) is 0 Å². The molecule has 0 aromatic heterocycles. The first kappa shape index (κ1) is 15.7. The third kappa shape index (κ3) is 2.56. The lowest BCUT2D eigenvalue weighted by atomic mass is 9.74. The Morgan fingerprint density at radius 1 is 1.17 bits per heavy atom. The Labute approximate surface area is 146 Å². The van der Waals surface area contributed by atoms with Crippen LogP contribution >= 0.6 is 22.9 Å². The minimum atomic E-state index is -4.42. The van der Waals surface area contributed by atoms with Crippen LogP contribution in [0.5, 0.6) is 0 Å². The number of carbonyl (C=O) groups excluding carboxylic acids is 1. The van der Waals surface area contributed by atoms with Crippen LogP contribution in [0.25, 0.3) is 0 Å². The molecule has 0 radical (unpaired) electrons. The Bertz CT molecular complexity index is 668. The van der Waals surface area contributed by atoms with E-state index >= 15 is 0 Å². The van der Waals surface area contributed by atoms with Crippen molar-refractivity contribution in [1.82, 2.24) is 8.01 Å². The molecule has 3 saturated heterocycles. The van der Waals surface area contributed by atoms with Crippen LogP contribution in [0.3, 0.4) is 0 Å². The highest BCUT2D eigenvalue weighted by Crippen LogP contribution is 2.44. The molecule has 2 bridgehead atoms. The van der Waals surface area contributed by atoms with Crippen LogP contribution in [0.1, 0.15) is 45.8 Å². The van der Waals surface area contributed by atoms with Gasteiger partial charge < -0.3 is 4.90 Å². The highest BCUT2D eigenvalue weighted by molar-refractivity contribution is 14.1. The molecule has 1 unspecified atom stereocenters. The average Bonchev–Trinajstić information content (AvgIpc) is 2.81. The third-order valence-corrected chi connectivity index (χ3v) is 6.19. The number of piperidine rings is 3. The molecular formula is C16H16F3IN2O. The van der Waals surface area contributed by atoms with Crippen molar-refractivity contribution < 1.29 is 18.0 Å². The molecule has 0 spiro atoms. The summed E-state index contributed by atoms with van der Waals surface area (Å²) in [6.07, 6.45) is -2.35. The molecule has 0 saturated carbocycles. The van der Waals surface area contributed by atoms with Gasteiger partial charge in [-0.1, -0.05) is 0 Å². The number of amides is 1. The number of hydrogen-bond acceptors (Lipinski definition) is 2. The molecule has 5 rings (SSSR count). The number of alkyl halides is 3. The van der Waals surface area contributed by atoms with Gasteiger partial charge in [0, 0.05) is 12.1 Å². The fraction of sp³-hybridized carbons (Fsp3) is 0.562. The summed E-state index contributed by atoms with van der Waals surface area (Å²) in [4.78, 5) is 14.5. The second kappa shape index (κ2) is 5.34. The van der Waals surface area contributed by atoms with Crippen molar-refractivity contribution in [2.24, 2.45) is 5.92 Å². The van der Waals surface area contributed by atoms with Crippen molar-refractivity contribution in [3.63, 3.8) is 0 Å². The molecule has 0 aliphatic carbocycles. The van der Waals surface area contributed by atoms with Crippen molar-refractivity contribution >= 4 is 28.8 Å². The van der Waals surface area contributed by atoms with E-state index in [1.807, 2.05) is 0 Å². The van der Waals surface area contributed by atoms with Crippen LogP contribution < -0.4 is 0 Å². The molecule has 1 amide bonds. The van der Waals surface area contributed by atoms with Crippen molar-refractivity contribution in [2.75, 3.05) is 19.6 Å². The van der Waals surface area contributed by atoms with E-state index in [2.05, 4.69) is 4.90 Å². The Kier molecular flexibility index (Phi) is 3.64. The number of halogens is 4. The standard InChI is InChI=1S/C16H16F3IN2O/c17-16(18,19)14-6-10(5-11-13(14)8-22(20)15(11)23)12-7-21-3-1-9(12)2-4-21/h5-6,9,12H,1-4,7-8H2. The van der Waals surface area contributed by atoms with Gasteiger partial charge in [-0.2, -0.15) is 13.2 Å². The summed E-state index contributed by atoms with van der Waals surface area (Å²) in [6, 6.07) is 3.02. The van der Waals surface area contributed by atoms with Gasteiger partial charge in [0.2, 0.25) is 0 Å². The van der Waals surface area contributed by atoms with Crippen LogP contribution in [0.15, 0.2) is 12.1 Å². The van der Waals surface area contributed by atoms with Gasteiger partial charge >= 0.3 is 6.18 Å². The van der Waals surface area contributed by atoms with Crippen LogP contribution in [0.4, 0.5) is 13.2 Å². The van der Waals surface area contributed by atoms with Crippen LogP contribution in [-0.2, 0) is 12.7 Å². The second-order valence-corrected chi connectivity index (χ2v) is 7.83. The van der Waals surface area contributed by atoms with E-state index in [9.17, 15) is 18.0 Å². The van der Waals surface area contributed by atoms with Crippen molar-refractivity contribution in [3.8, 4) is 0 Å². The fourth-order valence-corrected chi connectivity index (χ4v) is 4.81. The van der Waals surface area contributed by atoms with Gasteiger partial charge in [0.25, 0.3) is 5.91 Å². The number of hydrogen-bond donors (Lipinski definition) is 0. The summed E-state index contributed by atoms with van der Waals surface area (Å²) in [5.74, 6) is 0.237. The lowest BCUT2D eigenvalue weighted by molar-refractivity contribution is -0.138. The number of benzene rings is 1. The van der Waals surface area contributed by atoms with E-state index in [0.29, 0.717) is 11.5 Å². The lowest BCUT2D eigenvalue weighted by Gasteiger charge is -2.45. The summed E-state index contributed by atoms with van der Waals surface area (Å²) in [6.45, 7) is 2.92. The number of rotatable bonds is 1. The minimum absolute atomic E-state index is 0.0318. The zero-order valence-corrected chi connectivity index (χ0v) is 14.5. The van der Waals surface area contributed by atoms with E-state index in [1.165, 1.54) is 9.18 Å². The highest BCUT2D eigenvalue weighted by atomic mass is 127. The first-order valence-corrected chi connectivity index (χ1v) is 8.75. The molecule has 7 heteroatoms. The van der Waals surface area contributed by atoms with E-state index in [1.54, 1.807) is 28.9 Å². The summed E-state index contributed by atoms with van der Waals surface area (Å²) in [7, 11) is 0. The highest BCUT2D eigenvalue weighted by Gasteiger charge is 2.42.